The number of esters is 1. The van der Waals surface area contributed by atoms with Gasteiger partial charge in [-0.15, -0.1) is 0 Å². The van der Waals surface area contributed by atoms with Crippen molar-refractivity contribution in [3.8, 4) is 0 Å². The van der Waals surface area contributed by atoms with Crippen molar-refractivity contribution in [3.05, 3.63) is 122 Å². The van der Waals surface area contributed by atoms with Crippen molar-refractivity contribution in [2.45, 2.75) is 243 Å². The topological polar surface area (TPSA) is 175 Å². The number of hydrogen-bond donors (Lipinski definition) is 6. The summed E-state index contributed by atoms with van der Waals surface area (Å²) in [7, 11) is 0. The van der Waals surface area contributed by atoms with Gasteiger partial charge in [0, 0.05) is 6.42 Å². The Morgan fingerprint density at radius 2 is 1.05 bits per heavy atom. The fraction of sp³-hybridized carbons (Fsp3) is 0.645. The number of carbonyl (C=O) groups is 2. The van der Waals surface area contributed by atoms with Crippen molar-refractivity contribution in [1.82, 2.24) is 5.32 Å². The Morgan fingerprint density at radius 1 is 0.562 bits per heavy atom. The molecule has 8 unspecified atom stereocenters. The highest BCUT2D eigenvalue weighted by atomic mass is 16.7. The van der Waals surface area contributed by atoms with Gasteiger partial charge in [0.1, 0.15) is 24.4 Å². The molecule has 0 aromatic heterocycles. The number of rotatable bonds is 45. The van der Waals surface area contributed by atoms with E-state index in [0.717, 1.165) is 109 Å². The summed E-state index contributed by atoms with van der Waals surface area (Å²) < 4.78 is 17.5. The highest BCUT2D eigenvalue weighted by molar-refractivity contribution is 5.80. The molecule has 0 aromatic carbocycles. The molecule has 1 rings (SSSR count). The second kappa shape index (κ2) is 49.0. The van der Waals surface area contributed by atoms with Crippen molar-refractivity contribution in [3.63, 3.8) is 0 Å². The molecule has 11 heteroatoms. The van der Waals surface area contributed by atoms with Crippen LogP contribution in [0.25, 0.3) is 0 Å². The highest BCUT2D eigenvalue weighted by Gasteiger charge is 2.47. The number of nitrogens with one attached hydrogen (secondary N) is 1. The van der Waals surface area contributed by atoms with Gasteiger partial charge in [-0.2, -0.15) is 0 Å². The minimum atomic E-state index is -1.64. The Hall–Kier alpha value is -3.94. The first-order valence-electron chi connectivity index (χ1n) is 28.4. The lowest BCUT2D eigenvalue weighted by molar-refractivity contribution is -0.305. The molecule has 0 bridgehead atoms. The maximum absolute atomic E-state index is 13.3. The Morgan fingerprint density at radius 3 is 1.64 bits per heavy atom. The predicted molar refractivity (Wildman–Crippen MR) is 301 cm³/mol. The third-order valence-corrected chi connectivity index (χ3v) is 12.5. The molecule has 0 aromatic rings. The Balaban J connectivity index is 2.73. The molecule has 0 aliphatic carbocycles. The van der Waals surface area contributed by atoms with E-state index >= 15 is 0 Å². The van der Waals surface area contributed by atoms with Crippen LogP contribution in [0.15, 0.2) is 122 Å². The summed E-state index contributed by atoms with van der Waals surface area (Å²) in [5.41, 5.74) is 0. The van der Waals surface area contributed by atoms with Gasteiger partial charge >= 0.3 is 5.97 Å². The van der Waals surface area contributed by atoms with Crippen molar-refractivity contribution < 1.29 is 49.3 Å². The molecule has 1 saturated heterocycles. The molecule has 0 radical (unpaired) electrons. The van der Waals surface area contributed by atoms with Gasteiger partial charge in [0.2, 0.25) is 5.91 Å². The Labute approximate surface area is 442 Å². The molecule has 73 heavy (non-hydrogen) atoms. The fourth-order valence-electron chi connectivity index (χ4n) is 7.98. The number of aliphatic hydroxyl groups is 5. The number of carbonyl (C=O) groups excluding carboxylic acids is 2. The SMILES string of the molecule is CC/C=C\C/C=C\C/C=C\C/C=C\C/C=C\CCCCCCCC(=O)OC1C(OCC(NC(=O)C(O)CCCC\C=C/C=C\C=C\C=C\CC)C(O)/C=C/CCCCCCCCCCC)OC(CO)C(O)C1O. The number of amides is 1. The zero-order valence-corrected chi connectivity index (χ0v) is 45.4. The number of unbranched alkanes of at least 4 members (excludes halogenated alkanes) is 16. The summed E-state index contributed by atoms with van der Waals surface area (Å²) in [6, 6.07) is -1.06. The van der Waals surface area contributed by atoms with Crippen molar-refractivity contribution in [2.75, 3.05) is 13.2 Å². The Bertz CT molecular complexity index is 1640. The van der Waals surface area contributed by atoms with E-state index in [0.29, 0.717) is 12.8 Å². The number of allylic oxidation sites excluding steroid dienone is 19. The van der Waals surface area contributed by atoms with E-state index in [9.17, 15) is 35.1 Å². The molecule has 1 heterocycles. The third kappa shape index (κ3) is 37.4. The van der Waals surface area contributed by atoms with E-state index in [1.807, 2.05) is 48.6 Å². The summed E-state index contributed by atoms with van der Waals surface area (Å²) in [6.45, 7) is 5.45. The maximum Gasteiger partial charge on any atom is 0.306 e. The minimum Gasteiger partial charge on any atom is -0.454 e. The first kappa shape index (κ1) is 67.1. The standard InChI is InChI=1S/C62H101NO10/c1-4-7-10-13-16-19-22-24-25-26-27-28-29-30-31-32-35-38-41-44-47-50-57(67)73-60-59(69)58(68)56(51-64)72-62(60)71-52-53(54(65)48-45-42-39-36-33-21-18-15-12-9-6-3)63-61(70)55(66)49-46-43-40-37-34-23-20-17-14-11-8-5-2/h7-8,10-11,14,16-17,19-20,23-25,27-28,30-31,34,37,45,48,53-56,58-60,62,64-66,68-69H,4-6,9,12-13,15,18,21-22,26,29,32-33,35-36,38-44,46-47,49-52H2,1-3H3,(H,63,70)/b10-7-,11-8+,17-14+,19-16-,23-20-,25-24-,28-27-,31-30-,37-34-,48-45+. The average molecular weight is 1020 g/mol. The molecule has 1 amide bonds. The lowest BCUT2D eigenvalue weighted by Gasteiger charge is -2.41. The van der Waals surface area contributed by atoms with E-state index in [4.69, 9.17) is 14.2 Å². The van der Waals surface area contributed by atoms with Crippen molar-refractivity contribution in [1.29, 1.82) is 0 Å². The summed E-state index contributed by atoms with van der Waals surface area (Å²) in [5, 5.41) is 56.7. The largest absolute Gasteiger partial charge is 0.454 e. The van der Waals surface area contributed by atoms with Crippen LogP contribution in [0.2, 0.25) is 0 Å². The third-order valence-electron chi connectivity index (χ3n) is 12.5. The van der Waals surface area contributed by atoms with Crippen molar-refractivity contribution >= 4 is 11.9 Å². The van der Waals surface area contributed by atoms with E-state index in [1.54, 1.807) is 6.08 Å². The number of hydrogen-bond acceptors (Lipinski definition) is 10. The van der Waals surface area contributed by atoms with Crippen LogP contribution in [0.1, 0.15) is 194 Å². The van der Waals surface area contributed by atoms with Gasteiger partial charge in [-0.3, -0.25) is 9.59 Å². The van der Waals surface area contributed by atoms with Crippen LogP contribution in [-0.4, -0.2) is 99.6 Å². The van der Waals surface area contributed by atoms with Crippen LogP contribution < -0.4 is 5.32 Å². The molecule has 414 valence electrons. The van der Waals surface area contributed by atoms with Gasteiger partial charge in [0.05, 0.1) is 25.4 Å². The molecule has 1 aliphatic heterocycles. The van der Waals surface area contributed by atoms with E-state index < -0.39 is 67.4 Å². The second-order valence-electron chi connectivity index (χ2n) is 19.0. The van der Waals surface area contributed by atoms with Crippen LogP contribution in [0, 0.1) is 0 Å². The normalized spacial score (nSPS) is 20.4. The summed E-state index contributed by atoms with van der Waals surface area (Å²) in [5.74, 6) is -1.27. The predicted octanol–water partition coefficient (Wildman–Crippen LogP) is 12.7. The molecule has 0 spiro atoms. The number of aliphatic hydroxyl groups excluding tert-OH is 5. The molecule has 1 fully saturated rings. The van der Waals surface area contributed by atoms with E-state index in [2.05, 4.69) is 92.9 Å². The van der Waals surface area contributed by atoms with Crippen LogP contribution in [-0.2, 0) is 23.8 Å². The molecule has 8 atom stereocenters. The molecule has 1 aliphatic rings. The van der Waals surface area contributed by atoms with Gasteiger partial charge in [0.15, 0.2) is 12.4 Å². The molecule has 11 nitrogen and oxygen atoms in total. The van der Waals surface area contributed by atoms with Crippen LogP contribution in [0.5, 0.6) is 0 Å². The zero-order valence-electron chi connectivity index (χ0n) is 45.4. The van der Waals surface area contributed by atoms with Gasteiger partial charge < -0.3 is 45.1 Å². The number of ether oxygens (including phenoxy) is 3. The summed E-state index contributed by atoms with van der Waals surface area (Å²) in [4.78, 5) is 26.4. The summed E-state index contributed by atoms with van der Waals surface area (Å²) >= 11 is 0. The first-order chi connectivity index (χ1) is 35.7. The zero-order chi connectivity index (χ0) is 53.3. The molecular weight excluding hydrogens is 919 g/mol. The molecular formula is C62H101NO10. The van der Waals surface area contributed by atoms with Crippen LogP contribution in [0.3, 0.4) is 0 Å². The Kier molecular flexibility index (Phi) is 45.0. The maximum atomic E-state index is 13.3. The summed E-state index contributed by atoms with van der Waals surface area (Å²) in [6.07, 6.45) is 56.8. The second-order valence-corrected chi connectivity index (χ2v) is 19.0. The minimum absolute atomic E-state index is 0.0887. The monoisotopic (exact) mass is 1020 g/mol. The average Bonchev–Trinajstić information content (AvgIpc) is 3.39. The lowest BCUT2D eigenvalue weighted by atomic mass is 9.99. The van der Waals surface area contributed by atoms with Gasteiger partial charge in [-0.25, -0.2) is 0 Å². The van der Waals surface area contributed by atoms with Crippen LogP contribution >= 0.6 is 0 Å². The van der Waals surface area contributed by atoms with Gasteiger partial charge in [0.25, 0.3) is 0 Å². The smallest absolute Gasteiger partial charge is 0.306 e. The van der Waals surface area contributed by atoms with E-state index in [-0.39, 0.29) is 19.4 Å². The van der Waals surface area contributed by atoms with Gasteiger partial charge in [-0.05, 0) is 89.9 Å². The highest BCUT2D eigenvalue weighted by Crippen LogP contribution is 2.26. The van der Waals surface area contributed by atoms with E-state index in [1.165, 1.54) is 38.5 Å². The van der Waals surface area contributed by atoms with Crippen LogP contribution in [0.4, 0.5) is 0 Å². The molecule has 6 N–H and O–H groups in total. The quantitative estimate of drug-likeness (QED) is 0.0149. The lowest BCUT2D eigenvalue weighted by Crippen LogP contribution is -2.61. The van der Waals surface area contributed by atoms with Crippen molar-refractivity contribution in [2.24, 2.45) is 0 Å². The fourth-order valence-corrected chi connectivity index (χ4v) is 7.98. The first-order valence-corrected chi connectivity index (χ1v) is 28.4. The van der Waals surface area contributed by atoms with Gasteiger partial charge in [-0.1, -0.05) is 219 Å². The molecule has 0 saturated carbocycles.